The number of halogens is 3. The number of hydrogen-bond donors (Lipinski definition) is 0. The lowest BCUT2D eigenvalue weighted by Gasteiger charge is -2.16. The molecule has 25 heavy (non-hydrogen) atoms. The Morgan fingerprint density at radius 2 is 1.84 bits per heavy atom. The van der Waals surface area contributed by atoms with Crippen molar-refractivity contribution in [2.24, 2.45) is 0 Å². The molecule has 0 radical (unpaired) electrons. The van der Waals surface area contributed by atoms with Gasteiger partial charge < -0.3 is 9.47 Å². The zero-order chi connectivity index (χ0) is 18.6. The number of alkyl halides is 2. The van der Waals surface area contributed by atoms with Crippen LogP contribution in [-0.4, -0.2) is 5.97 Å². The average molecular weight is 460 g/mol. The molecule has 0 atom stereocenters. The van der Waals surface area contributed by atoms with E-state index in [0.29, 0.717) is 11.3 Å². The van der Waals surface area contributed by atoms with Crippen molar-refractivity contribution in [2.45, 2.75) is 40.2 Å². The van der Waals surface area contributed by atoms with Crippen molar-refractivity contribution in [3.63, 3.8) is 0 Å². The topological polar surface area (TPSA) is 35.5 Å². The number of carbonyl (C=O) groups is 1. The van der Waals surface area contributed by atoms with Gasteiger partial charge in [0.1, 0.15) is 18.1 Å². The summed E-state index contributed by atoms with van der Waals surface area (Å²) in [5.41, 5.74) is 2.18. The van der Waals surface area contributed by atoms with E-state index >= 15 is 0 Å². The monoisotopic (exact) mass is 460 g/mol. The maximum atomic E-state index is 13.3. The van der Waals surface area contributed by atoms with Gasteiger partial charge in [0.05, 0.1) is 5.56 Å². The van der Waals surface area contributed by atoms with Gasteiger partial charge in [0.2, 0.25) is 0 Å². The van der Waals surface area contributed by atoms with E-state index in [4.69, 9.17) is 9.47 Å². The molecule has 0 fully saturated rings. The maximum Gasteiger partial charge on any atom is 0.310 e. The summed E-state index contributed by atoms with van der Waals surface area (Å²) in [6.07, 6.45) is -2.38. The lowest BCUT2D eigenvalue weighted by molar-refractivity contribution is -0.134. The molecule has 0 aliphatic rings. The molecule has 0 heterocycles. The average Bonchev–Trinajstić information content (AvgIpc) is 2.56. The van der Waals surface area contributed by atoms with Gasteiger partial charge >= 0.3 is 5.97 Å². The number of carbonyl (C=O) groups excluding carboxylic acids is 1. The highest BCUT2D eigenvalue weighted by atomic mass is 127. The molecule has 0 aromatic heterocycles. The van der Waals surface area contributed by atoms with E-state index in [1.807, 2.05) is 13.0 Å². The predicted octanol–water partition coefficient (Wildman–Crippen LogP) is 5.74. The Morgan fingerprint density at radius 1 is 1.16 bits per heavy atom. The minimum atomic E-state index is -2.62. The van der Waals surface area contributed by atoms with Crippen LogP contribution < -0.4 is 9.47 Å². The summed E-state index contributed by atoms with van der Waals surface area (Å²) in [4.78, 5) is 11.6. The summed E-state index contributed by atoms with van der Waals surface area (Å²) in [5.74, 6) is 0.175. The third kappa shape index (κ3) is 4.90. The number of esters is 1. The molecule has 2 aromatic carbocycles. The third-order valence-corrected chi connectivity index (χ3v) is 4.83. The Kier molecular flexibility index (Phi) is 6.75. The lowest BCUT2D eigenvalue weighted by atomic mass is 10.1. The predicted molar refractivity (Wildman–Crippen MR) is 100 cm³/mol. The molecule has 0 unspecified atom stereocenters. The Hall–Kier alpha value is -1.70. The van der Waals surface area contributed by atoms with Gasteiger partial charge in [-0.15, -0.1) is 0 Å². The molecule has 0 spiro atoms. The molecule has 0 aliphatic carbocycles. The fourth-order valence-corrected chi connectivity index (χ4v) is 2.86. The van der Waals surface area contributed by atoms with Crippen LogP contribution in [0.25, 0.3) is 0 Å². The molecular formula is C19H19F2IO3. The first-order valence-electron chi connectivity index (χ1n) is 7.83. The van der Waals surface area contributed by atoms with Crippen LogP contribution in [0.3, 0.4) is 0 Å². The van der Waals surface area contributed by atoms with Gasteiger partial charge in [-0.2, -0.15) is 0 Å². The number of aryl methyl sites for hydroxylation is 2. The van der Waals surface area contributed by atoms with Crippen LogP contribution in [-0.2, 0) is 11.4 Å². The van der Waals surface area contributed by atoms with E-state index in [9.17, 15) is 13.6 Å². The van der Waals surface area contributed by atoms with Gasteiger partial charge in [0.25, 0.3) is 6.43 Å². The summed E-state index contributed by atoms with van der Waals surface area (Å²) >= 11 is 2.10. The van der Waals surface area contributed by atoms with E-state index < -0.39 is 6.43 Å². The molecule has 0 N–H and O–H groups in total. The van der Waals surface area contributed by atoms with Gasteiger partial charge in [-0.1, -0.05) is 13.0 Å². The van der Waals surface area contributed by atoms with Crippen LogP contribution >= 0.6 is 22.6 Å². The van der Waals surface area contributed by atoms with E-state index in [0.717, 1.165) is 14.7 Å². The van der Waals surface area contributed by atoms with Crippen molar-refractivity contribution in [3.05, 3.63) is 56.2 Å². The Bertz CT molecular complexity index is 776. The van der Waals surface area contributed by atoms with Crippen molar-refractivity contribution in [1.82, 2.24) is 0 Å². The van der Waals surface area contributed by atoms with Crippen molar-refractivity contribution >= 4 is 28.6 Å². The molecule has 2 rings (SSSR count). The van der Waals surface area contributed by atoms with Crippen LogP contribution in [0.4, 0.5) is 8.78 Å². The summed E-state index contributed by atoms with van der Waals surface area (Å²) in [6.45, 7) is 5.37. The standard InChI is InChI=1S/C19H19F2IO3/c1-4-18(23)25-16-7-5-6-15(22)14(16)10-24-17-9-12(3)11(2)8-13(17)19(20)21/h5-9,19H,4,10H2,1-3H3. The minimum Gasteiger partial charge on any atom is -0.488 e. The number of rotatable bonds is 6. The van der Waals surface area contributed by atoms with Gasteiger partial charge in [-0.25, -0.2) is 8.78 Å². The third-order valence-electron chi connectivity index (χ3n) is 3.82. The van der Waals surface area contributed by atoms with Crippen molar-refractivity contribution in [1.29, 1.82) is 0 Å². The fourth-order valence-electron chi connectivity index (χ4n) is 2.23. The SMILES string of the molecule is CCC(=O)Oc1cccc(I)c1COc1cc(C)c(C)cc1C(F)F. The van der Waals surface area contributed by atoms with E-state index in [1.54, 1.807) is 32.0 Å². The smallest absolute Gasteiger partial charge is 0.310 e. The highest BCUT2D eigenvalue weighted by Crippen LogP contribution is 2.33. The largest absolute Gasteiger partial charge is 0.488 e. The first-order chi connectivity index (χ1) is 11.8. The van der Waals surface area contributed by atoms with E-state index in [1.165, 1.54) is 6.07 Å². The maximum absolute atomic E-state index is 13.3. The first kappa shape index (κ1) is 19.6. The molecule has 2 aromatic rings. The van der Waals surface area contributed by atoms with Crippen molar-refractivity contribution in [2.75, 3.05) is 0 Å². The molecule has 134 valence electrons. The number of ether oxygens (including phenoxy) is 2. The number of benzene rings is 2. The molecule has 6 heteroatoms. The lowest BCUT2D eigenvalue weighted by Crippen LogP contribution is -2.10. The fraction of sp³-hybridized carbons (Fsp3) is 0.316. The van der Waals surface area contributed by atoms with E-state index in [-0.39, 0.29) is 30.3 Å². The van der Waals surface area contributed by atoms with Crippen LogP contribution in [0.15, 0.2) is 30.3 Å². The summed E-state index contributed by atoms with van der Waals surface area (Å²) < 4.78 is 38.4. The Morgan fingerprint density at radius 3 is 2.48 bits per heavy atom. The highest BCUT2D eigenvalue weighted by molar-refractivity contribution is 14.1. The molecular weight excluding hydrogens is 441 g/mol. The molecule has 0 amide bonds. The van der Waals surface area contributed by atoms with Crippen LogP contribution in [0.5, 0.6) is 11.5 Å². The molecule has 0 bridgehead atoms. The van der Waals surface area contributed by atoms with Crippen LogP contribution in [0.2, 0.25) is 0 Å². The zero-order valence-electron chi connectivity index (χ0n) is 14.2. The second-order valence-corrected chi connectivity index (χ2v) is 6.77. The van der Waals surface area contributed by atoms with Gasteiger partial charge in [-0.05, 0) is 71.8 Å². The van der Waals surface area contributed by atoms with Gasteiger partial charge in [0, 0.05) is 15.6 Å². The number of hydrogen-bond acceptors (Lipinski definition) is 3. The summed E-state index contributed by atoms with van der Waals surface area (Å²) in [5, 5.41) is 0. The molecule has 0 saturated heterocycles. The van der Waals surface area contributed by atoms with Gasteiger partial charge in [-0.3, -0.25) is 4.79 Å². The zero-order valence-corrected chi connectivity index (χ0v) is 16.4. The molecule has 0 aliphatic heterocycles. The van der Waals surface area contributed by atoms with E-state index in [2.05, 4.69) is 22.6 Å². The van der Waals surface area contributed by atoms with Gasteiger partial charge in [0.15, 0.2) is 0 Å². The van der Waals surface area contributed by atoms with Crippen molar-refractivity contribution < 1.29 is 23.0 Å². The van der Waals surface area contributed by atoms with Crippen LogP contribution in [0, 0.1) is 17.4 Å². The second-order valence-electron chi connectivity index (χ2n) is 5.61. The Labute approximate surface area is 159 Å². The summed E-state index contributed by atoms with van der Waals surface area (Å²) in [6, 6.07) is 8.34. The Balaban J connectivity index is 2.30. The van der Waals surface area contributed by atoms with Crippen LogP contribution in [0.1, 0.15) is 42.0 Å². The normalized spacial score (nSPS) is 10.8. The van der Waals surface area contributed by atoms with Crippen molar-refractivity contribution in [3.8, 4) is 11.5 Å². The first-order valence-corrected chi connectivity index (χ1v) is 8.91. The minimum absolute atomic E-state index is 0.0354. The molecule has 3 nitrogen and oxygen atoms in total. The second kappa shape index (κ2) is 8.60. The molecule has 0 saturated carbocycles. The summed E-state index contributed by atoms with van der Waals surface area (Å²) in [7, 11) is 0. The highest BCUT2D eigenvalue weighted by Gasteiger charge is 2.18. The quantitative estimate of drug-likeness (QED) is 0.314.